The fraction of sp³-hybridized carbons (Fsp3) is 0.462. The summed E-state index contributed by atoms with van der Waals surface area (Å²) in [7, 11) is 3.14. The molecule has 0 radical (unpaired) electrons. The van der Waals surface area contributed by atoms with Crippen molar-refractivity contribution in [2.24, 2.45) is 5.73 Å². The van der Waals surface area contributed by atoms with Crippen molar-refractivity contribution in [2.75, 3.05) is 26.1 Å². The second kappa shape index (κ2) is 7.99. The maximum absolute atomic E-state index is 11.9. The Bertz CT molecular complexity index is 426. The van der Waals surface area contributed by atoms with Crippen LogP contribution in [0, 0.1) is 0 Å². The van der Waals surface area contributed by atoms with Crippen LogP contribution in [0.5, 0.6) is 5.75 Å². The molecule has 0 heterocycles. The van der Waals surface area contributed by atoms with E-state index in [1.54, 1.807) is 25.3 Å². The first kappa shape index (κ1) is 15.8. The van der Waals surface area contributed by atoms with Crippen molar-refractivity contribution < 1.29 is 14.3 Å². The lowest BCUT2D eigenvalue weighted by atomic mass is 10.1. The van der Waals surface area contributed by atoms with Crippen LogP contribution >= 0.6 is 11.6 Å². The molecule has 0 aliphatic heterocycles. The minimum absolute atomic E-state index is 0.267. The van der Waals surface area contributed by atoms with Gasteiger partial charge in [-0.2, -0.15) is 0 Å². The Morgan fingerprint density at radius 3 is 2.84 bits per heavy atom. The van der Waals surface area contributed by atoms with E-state index >= 15 is 0 Å². The average Bonchev–Trinajstić information content (AvgIpc) is 2.39. The Morgan fingerprint density at radius 2 is 2.21 bits per heavy atom. The maximum Gasteiger partial charge on any atom is 0.241 e. The van der Waals surface area contributed by atoms with Gasteiger partial charge in [-0.05, 0) is 31.0 Å². The first-order chi connectivity index (χ1) is 9.08. The van der Waals surface area contributed by atoms with Crippen molar-refractivity contribution in [3.05, 3.63) is 23.2 Å². The summed E-state index contributed by atoms with van der Waals surface area (Å²) >= 11 is 5.88. The first-order valence-electron chi connectivity index (χ1n) is 5.97. The Kier molecular flexibility index (Phi) is 6.62. The van der Waals surface area contributed by atoms with Gasteiger partial charge in [0, 0.05) is 18.7 Å². The summed E-state index contributed by atoms with van der Waals surface area (Å²) in [5.41, 5.74) is 6.31. The number of anilines is 1. The minimum atomic E-state index is -0.584. The van der Waals surface area contributed by atoms with E-state index in [9.17, 15) is 4.79 Å². The van der Waals surface area contributed by atoms with E-state index in [0.717, 1.165) is 6.42 Å². The molecular weight excluding hydrogens is 268 g/mol. The van der Waals surface area contributed by atoms with Crippen molar-refractivity contribution in [1.82, 2.24) is 0 Å². The monoisotopic (exact) mass is 286 g/mol. The molecule has 0 saturated carbocycles. The Balaban J connectivity index is 2.63. The number of ether oxygens (including phenoxy) is 2. The number of carbonyl (C=O) groups excluding carboxylic acids is 1. The molecule has 1 unspecified atom stereocenters. The second-order valence-corrected chi connectivity index (χ2v) is 4.51. The summed E-state index contributed by atoms with van der Waals surface area (Å²) < 4.78 is 10.1. The topological polar surface area (TPSA) is 73.6 Å². The summed E-state index contributed by atoms with van der Waals surface area (Å²) in [5, 5.41) is 3.23. The van der Waals surface area contributed by atoms with Gasteiger partial charge in [0.15, 0.2) is 0 Å². The molecule has 0 saturated heterocycles. The number of halogens is 1. The Labute approximate surface area is 118 Å². The third-order valence-corrected chi connectivity index (χ3v) is 2.85. The molecule has 1 aromatic rings. The fourth-order valence-corrected chi connectivity index (χ4v) is 1.75. The molecule has 1 rings (SSSR count). The zero-order valence-corrected chi connectivity index (χ0v) is 11.9. The molecule has 1 amide bonds. The predicted molar refractivity (Wildman–Crippen MR) is 75.7 cm³/mol. The number of benzene rings is 1. The van der Waals surface area contributed by atoms with Crippen LogP contribution in [-0.2, 0) is 9.53 Å². The molecule has 106 valence electrons. The molecule has 0 fully saturated rings. The van der Waals surface area contributed by atoms with Gasteiger partial charge < -0.3 is 20.5 Å². The van der Waals surface area contributed by atoms with Crippen LogP contribution < -0.4 is 15.8 Å². The van der Waals surface area contributed by atoms with Crippen LogP contribution in [0.2, 0.25) is 5.02 Å². The summed E-state index contributed by atoms with van der Waals surface area (Å²) in [5.74, 6) is 0.276. The fourth-order valence-electron chi connectivity index (χ4n) is 1.58. The molecule has 1 atom stereocenters. The lowest BCUT2D eigenvalue weighted by molar-refractivity contribution is -0.117. The van der Waals surface area contributed by atoms with Gasteiger partial charge in [0.05, 0.1) is 18.8 Å². The maximum atomic E-state index is 11.9. The number of nitrogens with two attached hydrogens (primary N) is 1. The summed E-state index contributed by atoms with van der Waals surface area (Å²) in [6, 6.07) is 4.42. The molecule has 6 heteroatoms. The van der Waals surface area contributed by atoms with Gasteiger partial charge in [-0.25, -0.2) is 0 Å². The van der Waals surface area contributed by atoms with Crippen molar-refractivity contribution in [3.8, 4) is 5.75 Å². The van der Waals surface area contributed by atoms with Crippen LogP contribution in [0.4, 0.5) is 5.69 Å². The largest absolute Gasteiger partial charge is 0.495 e. The highest BCUT2D eigenvalue weighted by atomic mass is 35.5. The third kappa shape index (κ3) is 5.06. The highest BCUT2D eigenvalue weighted by Gasteiger charge is 2.15. The van der Waals surface area contributed by atoms with Gasteiger partial charge in [0.2, 0.25) is 5.91 Å². The van der Waals surface area contributed by atoms with E-state index in [4.69, 9.17) is 26.8 Å². The van der Waals surface area contributed by atoms with E-state index < -0.39 is 6.04 Å². The molecule has 5 nitrogen and oxygen atoms in total. The van der Waals surface area contributed by atoms with E-state index in [1.807, 2.05) is 0 Å². The molecule has 0 aliphatic rings. The van der Waals surface area contributed by atoms with Crippen LogP contribution in [0.15, 0.2) is 18.2 Å². The van der Waals surface area contributed by atoms with E-state index in [1.165, 1.54) is 7.11 Å². The first-order valence-corrected chi connectivity index (χ1v) is 6.35. The molecule has 1 aromatic carbocycles. The highest BCUT2D eigenvalue weighted by molar-refractivity contribution is 6.31. The zero-order chi connectivity index (χ0) is 14.3. The number of carbonyl (C=O) groups is 1. The van der Waals surface area contributed by atoms with E-state index in [0.29, 0.717) is 29.5 Å². The lowest BCUT2D eigenvalue weighted by Gasteiger charge is -2.14. The van der Waals surface area contributed by atoms with Crippen LogP contribution in [-0.4, -0.2) is 32.8 Å². The molecule has 3 N–H and O–H groups in total. The number of rotatable bonds is 7. The Hall–Kier alpha value is -1.30. The number of hydrogen-bond acceptors (Lipinski definition) is 4. The lowest BCUT2D eigenvalue weighted by Crippen LogP contribution is -2.35. The Morgan fingerprint density at radius 1 is 1.47 bits per heavy atom. The van der Waals surface area contributed by atoms with Gasteiger partial charge in [0.25, 0.3) is 0 Å². The van der Waals surface area contributed by atoms with Crippen LogP contribution in [0.3, 0.4) is 0 Å². The minimum Gasteiger partial charge on any atom is -0.495 e. The third-order valence-electron chi connectivity index (χ3n) is 2.62. The second-order valence-electron chi connectivity index (χ2n) is 4.08. The summed E-state index contributed by atoms with van der Waals surface area (Å²) in [6.45, 7) is 0.585. The van der Waals surface area contributed by atoms with Crippen molar-refractivity contribution in [1.29, 1.82) is 0 Å². The number of amides is 1. The molecule has 19 heavy (non-hydrogen) atoms. The molecule has 0 bridgehead atoms. The van der Waals surface area contributed by atoms with Gasteiger partial charge in [-0.3, -0.25) is 4.79 Å². The van der Waals surface area contributed by atoms with Crippen molar-refractivity contribution >= 4 is 23.2 Å². The summed E-state index contributed by atoms with van der Waals surface area (Å²) in [6.07, 6.45) is 1.29. The highest BCUT2D eigenvalue weighted by Crippen LogP contribution is 2.27. The van der Waals surface area contributed by atoms with Crippen LogP contribution in [0.1, 0.15) is 12.8 Å². The van der Waals surface area contributed by atoms with E-state index in [2.05, 4.69) is 5.32 Å². The normalized spacial score (nSPS) is 12.0. The number of methoxy groups -OCH3 is 2. The average molecular weight is 287 g/mol. The molecule has 0 spiro atoms. The zero-order valence-electron chi connectivity index (χ0n) is 11.1. The molecule has 0 aliphatic carbocycles. The number of nitrogens with one attached hydrogen (secondary N) is 1. The van der Waals surface area contributed by atoms with E-state index in [-0.39, 0.29) is 5.91 Å². The quantitative estimate of drug-likeness (QED) is 0.752. The van der Waals surface area contributed by atoms with Crippen molar-refractivity contribution in [2.45, 2.75) is 18.9 Å². The van der Waals surface area contributed by atoms with Gasteiger partial charge >= 0.3 is 0 Å². The standard InChI is InChI=1S/C13H19ClN2O3/c1-18-7-3-4-10(15)13(17)16-11-8-9(14)5-6-12(11)19-2/h5-6,8,10H,3-4,7,15H2,1-2H3,(H,16,17). The summed E-state index contributed by atoms with van der Waals surface area (Å²) in [4.78, 5) is 11.9. The van der Waals surface area contributed by atoms with Gasteiger partial charge in [-0.1, -0.05) is 11.6 Å². The van der Waals surface area contributed by atoms with Gasteiger partial charge in [0.1, 0.15) is 5.75 Å². The molecular formula is C13H19ClN2O3. The molecule has 0 aromatic heterocycles. The smallest absolute Gasteiger partial charge is 0.241 e. The number of hydrogen-bond donors (Lipinski definition) is 2. The SMILES string of the molecule is COCCCC(N)C(=O)Nc1cc(Cl)ccc1OC. The van der Waals surface area contributed by atoms with Crippen molar-refractivity contribution in [3.63, 3.8) is 0 Å². The van der Waals surface area contributed by atoms with Gasteiger partial charge in [-0.15, -0.1) is 0 Å². The predicted octanol–water partition coefficient (Wildman–Crippen LogP) is 2.04. The van der Waals surface area contributed by atoms with Crippen LogP contribution in [0.25, 0.3) is 0 Å².